The lowest BCUT2D eigenvalue weighted by Crippen LogP contribution is -2.17. The summed E-state index contributed by atoms with van der Waals surface area (Å²) >= 11 is 0. The van der Waals surface area contributed by atoms with E-state index in [9.17, 15) is 4.39 Å². The van der Waals surface area contributed by atoms with Gasteiger partial charge < -0.3 is 9.73 Å². The first kappa shape index (κ1) is 13.8. The maximum absolute atomic E-state index is 13.3. The van der Waals surface area contributed by atoms with Gasteiger partial charge in [-0.15, -0.1) is 0 Å². The second-order valence-electron chi connectivity index (χ2n) is 5.47. The average molecular weight is 283 g/mol. The minimum absolute atomic E-state index is 0.0425. The van der Waals surface area contributed by atoms with Gasteiger partial charge in [0.05, 0.1) is 6.04 Å². The van der Waals surface area contributed by atoms with E-state index in [-0.39, 0.29) is 11.9 Å². The summed E-state index contributed by atoms with van der Waals surface area (Å²) in [6, 6.07) is 12.9. The number of nitrogens with one attached hydrogen (secondary N) is 1. The summed E-state index contributed by atoms with van der Waals surface area (Å²) in [6.07, 6.45) is 0. The van der Waals surface area contributed by atoms with Crippen molar-refractivity contribution in [2.24, 2.45) is 0 Å². The third kappa shape index (κ3) is 2.69. The van der Waals surface area contributed by atoms with Crippen LogP contribution in [0, 0.1) is 19.7 Å². The highest BCUT2D eigenvalue weighted by Crippen LogP contribution is 2.29. The van der Waals surface area contributed by atoms with Crippen LogP contribution < -0.4 is 5.32 Å². The second-order valence-corrected chi connectivity index (χ2v) is 5.47. The summed E-state index contributed by atoms with van der Waals surface area (Å²) in [4.78, 5) is 0. The molecule has 0 aliphatic heterocycles. The molecule has 0 aliphatic rings. The lowest BCUT2D eigenvalue weighted by molar-refractivity contribution is 0.491. The summed E-state index contributed by atoms with van der Waals surface area (Å²) in [7, 11) is 1.90. The Morgan fingerprint density at radius 1 is 1.00 bits per heavy atom. The van der Waals surface area contributed by atoms with Crippen molar-refractivity contribution in [1.82, 2.24) is 5.32 Å². The molecule has 2 nitrogen and oxygen atoms in total. The van der Waals surface area contributed by atoms with Gasteiger partial charge in [0.25, 0.3) is 0 Å². The molecular weight excluding hydrogens is 265 g/mol. The molecule has 0 radical (unpaired) electrons. The Hall–Kier alpha value is -2.13. The number of furan rings is 1. The highest BCUT2D eigenvalue weighted by Gasteiger charge is 2.17. The standard InChI is InChI=1S/C18H18FNO/c1-11-6-12(2)8-14(7-11)18(20-3)17-10-13-9-15(19)4-5-16(13)21-17/h4-10,18,20H,1-3H3. The fourth-order valence-electron chi connectivity index (χ4n) is 2.83. The smallest absolute Gasteiger partial charge is 0.134 e. The van der Waals surface area contributed by atoms with Crippen LogP contribution in [0.15, 0.2) is 46.9 Å². The summed E-state index contributed by atoms with van der Waals surface area (Å²) in [6.45, 7) is 4.16. The van der Waals surface area contributed by atoms with Crippen molar-refractivity contribution >= 4 is 11.0 Å². The molecule has 1 aromatic heterocycles. The third-order valence-corrected chi connectivity index (χ3v) is 3.65. The van der Waals surface area contributed by atoms with Gasteiger partial charge >= 0.3 is 0 Å². The van der Waals surface area contributed by atoms with E-state index in [0.29, 0.717) is 5.58 Å². The van der Waals surface area contributed by atoms with Crippen molar-refractivity contribution in [3.63, 3.8) is 0 Å². The molecule has 3 aromatic rings. The Labute approximate surface area is 123 Å². The van der Waals surface area contributed by atoms with Gasteiger partial charge in [-0.1, -0.05) is 29.3 Å². The van der Waals surface area contributed by atoms with Gasteiger partial charge in [0, 0.05) is 5.39 Å². The van der Waals surface area contributed by atoms with Crippen LogP contribution >= 0.6 is 0 Å². The van der Waals surface area contributed by atoms with Crippen molar-refractivity contribution < 1.29 is 8.81 Å². The third-order valence-electron chi connectivity index (χ3n) is 3.65. The zero-order chi connectivity index (χ0) is 15.0. The molecule has 0 fully saturated rings. The van der Waals surface area contributed by atoms with Crippen LogP contribution in [0.2, 0.25) is 0 Å². The van der Waals surface area contributed by atoms with Crippen molar-refractivity contribution in [3.05, 3.63) is 70.7 Å². The molecule has 1 unspecified atom stereocenters. The SMILES string of the molecule is CNC(c1cc(C)cc(C)c1)c1cc2cc(F)ccc2o1. The van der Waals surface area contributed by atoms with E-state index in [4.69, 9.17) is 4.42 Å². The van der Waals surface area contributed by atoms with E-state index in [1.54, 1.807) is 6.07 Å². The number of benzene rings is 2. The quantitative estimate of drug-likeness (QED) is 0.765. The van der Waals surface area contributed by atoms with Crippen molar-refractivity contribution in [3.8, 4) is 0 Å². The Morgan fingerprint density at radius 2 is 1.71 bits per heavy atom. The molecule has 0 saturated carbocycles. The summed E-state index contributed by atoms with van der Waals surface area (Å²) in [5, 5.41) is 4.06. The van der Waals surface area contributed by atoms with Crippen molar-refractivity contribution in [2.45, 2.75) is 19.9 Å². The molecule has 108 valence electrons. The molecule has 0 saturated heterocycles. The first-order valence-corrected chi connectivity index (χ1v) is 7.01. The molecule has 2 aromatic carbocycles. The lowest BCUT2D eigenvalue weighted by Gasteiger charge is -2.15. The van der Waals surface area contributed by atoms with Crippen molar-refractivity contribution in [1.29, 1.82) is 0 Å². The predicted molar refractivity (Wildman–Crippen MR) is 83.0 cm³/mol. The Kier molecular flexibility index (Phi) is 3.52. The van der Waals surface area contributed by atoms with Crippen molar-refractivity contribution in [2.75, 3.05) is 7.05 Å². The lowest BCUT2D eigenvalue weighted by atomic mass is 9.99. The number of halogens is 1. The van der Waals surface area contributed by atoms with E-state index >= 15 is 0 Å². The number of rotatable bonds is 3. The topological polar surface area (TPSA) is 25.2 Å². The number of hydrogen-bond acceptors (Lipinski definition) is 2. The van der Waals surface area contributed by atoms with E-state index in [2.05, 4.69) is 37.4 Å². The number of hydrogen-bond donors (Lipinski definition) is 1. The molecule has 1 atom stereocenters. The minimum atomic E-state index is -0.248. The fraction of sp³-hybridized carbons (Fsp3) is 0.222. The van der Waals surface area contributed by atoms with Crippen LogP contribution in [0.4, 0.5) is 4.39 Å². The largest absolute Gasteiger partial charge is 0.459 e. The van der Waals surface area contributed by atoms with Gasteiger partial charge in [-0.3, -0.25) is 0 Å². The normalized spacial score (nSPS) is 12.8. The Balaban J connectivity index is 2.08. The summed E-state index contributed by atoms with van der Waals surface area (Å²) in [5.74, 6) is 0.547. The maximum atomic E-state index is 13.3. The molecule has 21 heavy (non-hydrogen) atoms. The van der Waals surface area contributed by atoms with Crippen LogP contribution in [0.5, 0.6) is 0 Å². The fourth-order valence-corrected chi connectivity index (χ4v) is 2.83. The molecule has 1 N–H and O–H groups in total. The number of fused-ring (bicyclic) bond motifs is 1. The maximum Gasteiger partial charge on any atom is 0.134 e. The Bertz CT molecular complexity index is 771. The molecule has 1 heterocycles. The van der Waals surface area contributed by atoms with Gasteiger partial charge in [0.1, 0.15) is 17.2 Å². The van der Waals surface area contributed by atoms with E-state index < -0.39 is 0 Å². The van der Waals surface area contributed by atoms with E-state index in [0.717, 1.165) is 16.7 Å². The first-order valence-electron chi connectivity index (χ1n) is 7.01. The van der Waals surface area contributed by atoms with Gasteiger partial charge in [-0.05, 0) is 50.7 Å². The number of aryl methyl sites for hydroxylation is 2. The van der Waals surface area contributed by atoms with Gasteiger partial charge in [-0.2, -0.15) is 0 Å². The van der Waals surface area contributed by atoms with Crippen LogP contribution in [-0.4, -0.2) is 7.05 Å². The molecule has 0 bridgehead atoms. The zero-order valence-electron chi connectivity index (χ0n) is 12.4. The molecule has 0 amide bonds. The molecular formula is C18H18FNO. The summed E-state index contributed by atoms with van der Waals surface area (Å²) < 4.78 is 19.2. The highest BCUT2D eigenvalue weighted by molar-refractivity contribution is 5.78. The van der Waals surface area contributed by atoms with Crippen LogP contribution in [0.25, 0.3) is 11.0 Å². The average Bonchev–Trinajstić information content (AvgIpc) is 2.81. The predicted octanol–water partition coefficient (Wildman–Crippen LogP) is 4.50. The Morgan fingerprint density at radius 3 is 2.38 bits per heavy atom. The monoisotopic (exact) mass is 283 g/mol. The molecule has 3 rings (SSSR count). The van der Waals surface area contributed by atoms with Crippen LogP contribution in [0.1, 0.15) is 28.5 Å². The molecule has 0 aliphatic carbocycles. The van der Waals surface area contributed by atoms with E-state index in [1.165, 1.54) is 23.3 Å². The van der Waals surface area contributed by atoms with Crippen LogP contribution in [-0.2, 0) is 0 Å². The second kappa shape index (κ2) is 5.34. The van der Waals surface area contributed by atoms with Gasteiger partial charge in [0.2, 0.25) is 0 Å². The zero-order valence-corrected chi connectivity index (χ0v) is 12.4. The first-order chi connectivity index (χ1) is 10.1. The molecule has 3 heteroatoms. The minimum Gasteiger partial charge on any atom is -0.459 e. The van der Waals surface area contributed by atoms with E-state index in [1.807, 2.05) is 13.1 Å². The van der Waals surface area contributed by atoms with Gasteiger partial charge in [0.15, 0.2) is 0 Å². The van der Waals surface area contributed by atoms with Crippen LogP contribution in [0.3, 0.4) is 0 Å². The summed E-state index contributed by atoms with van der Waals surface area (Å²) in [5.41, 5.74) is 4.28. The molecule has 0 spiro atoms. The van der Waals surface area contributed by atoms with Gasteiger partial charge in [-0.25, -0.2) is 4.39 Å². The highest BCUT2D eigenvalue weighted by atomic mass is 19.1.